The van der Waals surface area contributed by atoms with Gasteiger partial charge >= 0.3 is 0 Å². The fourth-order valence-electron chi connectivity index (χ4n) is 1.23. The quantitative estimate of drug-likeness (QED) is 0.562. The third kappa shape index (κ3) is 3.34. The Morgan fingerprint density at radius 1 is 1.59 bits per heavy atom. The summed E-state index contributed by atoms with van der Waals surface area (Å²) < 4.78 is 22.3. The Morgan fingerprint density at radius 3 is 2.65 bits per heavy atom. The Hall–Kier alpha value is 0.630. The molecule has 0 unspecified atom stereocenters. The Balaban J connectivity index is 3.17. The molecule has 0 aliphatic rings. The summed E-state index contributed by atoms with van der Waals surface area (Å²) in [6.07, 6.45) is -1.19. The lowest BCUT2D eigenvalue weighted by molar-refractivity contribution is 0.191. The molecule has 0 amide bonds. The van der Waals surface area contributed by atoms with Crippen molar-refractivity contribution < 1.29 is 13.5 Å². The Bertz CT molecular complexity index is 504. The summed E-state index contributed by atoms with van der Waals surface area (Å²) in [5.41, 5.74) is 0.459. The molecule has 0 fully saturated rings. The molecule has 3 nitrogen and oxygen atoms in total. The van der Waals surface area contributed by atoms with Crippen molar-refractivity contribution >= 4 is 60.0 Å². The van der Waals surface area contributed by atoms with Crippen LogP contribution >= 0.6 is 50.1 Å². The van der Waals surface area contributed by atoms with Crippen molar-refractivity contribution in [3.05, 3.63) is 34.9 Å². The monoisotopic (exact) mass is 452 g/mol. The highest BCUT2D eigenvalue weighted by Gasteiger charge is 2.45. The van der Waals surface area contributed by atoms with Crippen LogP contribution in [-0.4, -0.2) is 20.9 Å². The van der Waals surface area contributed by atoms with E-state index >= 15 is 0 Å². The maximum absolute atomic E-state index is 11.9. The molecule has 96 valence electrons. The maximum Gasteiger partial charge on any atom is 0.207 e. The number of sulfone groups is 1. The van der Waals surface area contributed by atoms with Crippen molar-refractivity contribution in [3.63, 3.8) is 0 Å². The van der Waals surface area contributed by atoms with Crippen molar-refractivity contribution in [2.24, 2.45) is 0 Å². The average Bonchev–Trinajstić information content (AvgIpc) is 2.27. The molecule has 0 bridgehead atoms. The molecule has 1 rings (SSSR count). The van der Waals surface area contributed by atoms with Gasteiger partial charge in [0.25, 0.3) is 0 Å². The lowest BCUT2D eigenvalue weighted by Gasteiger charge is -2.26. The first-order valence-corrected chi connectivity index (χ1v) is 8.66. The van der Waals surface area contributed by atoms with Gasteiger partial charge in [0.15, 0.2) is 9.84 Å². The van der Waals surface area contributed by atoms with E-state index in [1.165, 1.54) is 6.92 Å². The number of aliphatic hydroxyl groups is 1. The summed E-state index contributed by atoms with van der Waals surface area (Å²) in [4.78, 5) is 0. The van der Waals surface area contributed by atoms with Crippen LogP contribution in [0.15, 0.2) is 24.3 Å². The normalized spacial score (nSPS) is 17.5. The van der Waals surface area contributed by atoms with Crippen LogP contribution in [0, 0.1) is 0 Å². The van der Waals surface area contributed by atoms with Crippen molar-refractivity contribution in [2.75, 3.05) is 5.75 Å². The minimum atomic E-state index is -3.45. The van der Waals surface area contributed by atoms with E-state index in [-0.39, 0.29) is 5.75 Å². The van der Waals surface area contributed by atoms with Crippen LogP contribution in [0.1, 0.15) is 18.6 Å². The molecule has 0 aliphatic heterocycles. The van der Waals surface area contributed by atoms with E-state index in [0.717, 1.165) is 0 Å². The fourth-order valence-corrected chi connectivity index (χ4v) is 4.54. The van der Waals surface area contributed by atoms with E-state index in [2.05, 4.69) is 15.9 Å². The van der Waals surface area contributed by atoms with Crippen molar-refractivity contribution in [3.8, 4) is 0 Å². The van der Waals surface area contributed by atoms with Crippen LogP contribution in [0.3, 0.4) is 0 Å². The summed E-state index contributed by atoms with van der Waals surface area (Å²) in [5, 5.41) is 10.6. The summed E-state index contributed by atoms with van der Waals surface area (Å²) in [7, 11) is -3.45. The summed E-state index contributed by atoms with van der Waals surface area (Å²) in [6, 6.07) is 6.51. The third-order valence-electron chi connectivity index (χ3n) is 2.28. The van der Waals surface area contributed by atoms with E-state index in [0.29, 0.717) is 10.6 Å². The van der Waals surface area contributed by atoms with Gasteiger partial charge in [-0.1, -0.05) is 46.6 Å². The smallest absolute Gasteiger partial charge is 0.207 e. The lowest BCUT2D eigenvalue weighted by atomic mass is 10.1. The highest BCUT2D eigenvalue weighted by Crippen LogP contribution is 2.45. The van der Waals surface area contributed by atoms with Crippen LogP contribution in [0.4, 0.5) is 0 Å². The van der Waals surface area contributed by atoms with Gasteiger partial charge in [-0.05, 0) is 40.3 Å². The second-order valence-corrected chi connectivity index (χ2v) is 12.0. The van der Waals surface area contributed by atoms with E-state index < -0.39 is 17.6 Å². The Kier molecular flexibility index (Phi) is 5.29. The zero-order valence-corrected chi connectivity index (χ0v) is 14.2. The van der Waals surface area contributed by atoms with Gasteiger partial charge in [-0.15, -0.1) is 0 Å². The fraction of sp³-hybridized carbons (Fsp3) is 0.400. The first kappa shape index (κ1) is 15.7. The summed E-state index contributed by atoms with van der Waals surface area (Å²) in [6.45, 7) is 1.54. The zero-order chi connectivity index (χ0) is 13.3. The Morgan fingerprint density at radius 2 is 2.18 bits per heavy atom. The average molecular weight is 454 g/mol. The second-order valence-electron chi connectivity index (χ2n) is 3.42. The molecule has 0 aliphatic carbocycles. The molecule has 0 spiro atoms. The number of hydrogen-bond donors (Lipinski definition) is 1. The minimum absolute atomic E-state index is 0.0567. The van der Waals surface area contributed by atoms with Crippen LogP contribution in [-0.2, 0) is 9.84 Å². The zero-order valence-electron chi connectivity index (χ0n) is 8.90. The van der Waals surface area contributed by atoms with Gasteiger partial charge in [0.2, 0.25) is 1.66 Å². The molecule has 0 saturated carbocycles. The van der Waals surface area contributed by atoms with E-state index in [9.17, 15) is 13.5 Å². The van der Waals surface area contributed by atoms with E-state index in [1.807, 2.05) is 0 Å². The highest BCUT2D eigenvalue weighted by molar-refractivity contribution is 14.1. The van der Waals surface area contributed by atoms with Gasteiger partial charge < -0.3 is 5.11 Å². The van der Waals surface area contributed by atoms with Gasteiger partial charge in [0.1, 0.15) is 6.10 Å². The molecular weight excluding hydrogens is 442 g/mol. The largest absolute Gasteiger partial charge is 0.385 e. The second kappa shape index (κ2) is 5.73. The van der Waals surface area contributed by atoms with Crippen LogP contribution in [0.5, 0.6) is 0 Å². The van der Waals surface area contributed by atoms with Crippen LogP contribution in [0.25, 0.3) is 0 Å². The molecule has 17 heavy (non-hydrogen) atoms. The number of alkyl halides is 2. The van der Waals surface area contributed by atoms with Crippen molar-refractivity contribution in [2.45, 2.75) is 14.7 Å². The highest BCUT2D eigenvalue weighted by atomic mass is 127. The third-order valence-corrected chi connectivity index (χ3v) is 8.84. The molecule has 0 saturated heterocycles. The number of halogens is 3. The standard InChI is InChI=1S/C10H11BrClIO3S/c1-2-17(15,16)10(11,13)9(14)7-4-3-5-8(12)6-7/h3-6,9,14H,2H2,1H3/t9-,10-/m0/s1. The van der Waals surface area contributed by atoms with Crippen LogP contribution in [0.2, 0.25) is 5.02 Å². The molecule has 0 radical (unpaired) electrons. The Labute approximate surface area is 128 Å². The minimum Gasteiger partial charge on any atom is -0.385 e. The maximum atomic E-state index is 11.9. The summed E-state index contributed by atoms with van der Waals surface area (Å²) >= 11 is 10.6. The van der Waals surface area contributed by atoms with Gasteiger partial charge in [-0.2, -0.15) is 0 Å². The van der Waals surface area contributed by atoms with Crippen LogP contribution < -0.4 is 0 Å². The molecule has 0 heterocycles. The molecule has 0 aromatic heterocycles. The molecule has 7 heteroatoms. The predicted octanol–water partition coefficient (Wildman–Crippen LogP) is 3.29. The topological polar surface area (TPSA) is 54.4 Å². The molecule has 1 aromatic rings. The van der Waals surface area contributed by atoms with Gasteiger partial charge in [-0.25, -0.2) is 8.42 Å². The molecule has 1 N–H and O–H groups in total. The first-order chi connectivity index (χ1) is 7.72. The predicted molar refractivity (Wildman–Crippen MR) is 81.6 cm³/mol. The number of hydrogen-bond acceptors (Lipinski definition) is 3. The van der Waals surface area contributed by atoms with Gasteiger partial charge in [0, 0.05) is 10.8 Å². The van der Waals surface area contributed by atoms with Crippen molar-refractivity contribution in [1.29, 1.82) is 0 Å². The molecule has 1 aromatic carbocycles. The number of aliphatic hydroxyl groups excluding tert-OH is 1. The van der Waals surface area contributed by atoms with E-state index in [4.69, 9.17) is 11.6 Å². The molecular formula is C10H11BrClIO3S. The number of rotatable bonds is 4. The number of benzene rings is 1. The summed E-state index contributed by atoms with van der Waals surface area (Å²) in [5.74, 6) is -0.0567. The SMILES string of the molecule is CCS(=O)(=O)[C@@](Br)(I)[C@@H](O)c1cccc(Cl)c1. The van der Waals surface area contributed by atoms with Gasteiger partial charge in [0.05, 0.1) is 0 Å². The van der Waals surface area contributed by atoms with Gasteiger partial charge in [-0.3, -0.25) is 0 Å². The first-order valence-electron chi connectivity index (χ1n) is 4.76. The molecule has 2 atom stereocenters. The van der Waals surface area contributed by atoms with E-state index in [1.54, 1.807) is 46.9 Å². The lowest BCUT2D eigenvalue weighted by Crippen LogP contribution is -2.33. The van der Waals surface area contributed by atoms with Crippen molar-refractivity contribution in [1.82, 2.24) is 0 Å².